The third-order valence-corrected chi connectivity index (χ3v) is 8.07. The Hall–Kier alpha value is -2.48. The Bertz CT molecular complexity index is 1230. The topological polar surface area (TPSA) is 66.5 Å². The molecule has 0 aliphatic carbocycles. The second-order valence-corrected chi connectivity index (χ2v) is 10.6. The van der Waals surface area contributed by atoms with E-state index in [0.29, 0.717) is 16.5 Å². The van der Waals surface area contributed by atoms with Gasteiger partial charge in [0.1, 0.15) is 5.37 Å². The van der Waals surface area contributed by atoms with Gasteiger partial charge in [0, 0.05) is 16.4 Å². The van der Waals surface area contributed by atoms with E-state index in [1.807, 2.05) is 49.1 Å². The number of rotatable bonds is 5. The Labute approximate surface area is 191 Å². The van der Waals surface area contributed by atoms with Gasteiger partial charge in [-0.3, -0.25) is 14.4 Å². The number of amides is 1. The molecule has 1 aliphatic heterocycles. The molecule has 0 bridgehead atoms. The number of halogens is 1. The summed E-state index contributed by atoms with van der Waals surface area (Å²) in [6.07, 6.45) is 0. The molecule has 5 nitrogen and oxygen atoms in total. The third kappa shape index (κ3) is 4.59. The first-order valence-electron chi connectivity index (χ1n) is 9.64. The minimum Gasteiger partial charge on any atom is -0.295 e. The molecule has 0 radical (unpaired) electrons. The lowest BCUT2D eigenvalue weighted by Gasteiger charge is -2.25. The number of nitrogens with zero attached hydrogens (tertiary/aromatic N) is 1. The van der Waals surface area contributed by atoms with E-state index in [2.05, 4.69) is 4.72 Å². The van der Waals surface area contributed by atoms with Crippen LogP contribution >= 0.6 is 23.4 Å². The molecule has 1 fully saturated rings. The summed E-state index contributed by atoms with van der Waals surface area (Å²) in [6, 6.07) is 19.1. The highest BCUT2D eigenvalue weighted by molar-refractivity contribution is 8.00. The molecule has 1 atom stereocenters. The largest absolute Gasteiger partial charge is 0.295 e. The second kappa shape index (κ2) is 8.57. The number of hydrogen-bond acceptors (Lipinski definition) is 4. The Kier molecular flexibility index (Phi) is 6.01. The molecular formula is C23H21ClN2O3S2. The first-order chi connectivity index (χ1) is 14.7. The standard InChI is InChI=1S/C23H21ClN2O3S2/c1-15-3-10-20(13-16(15)2)26-22(27)14-30-23(26)17-4-8-19(9-5-17)25-31(28,29)21-11-6-18(24)7-12-21/h3-13,23,25H,14H2,1-2H3/t23-/m1/s1. The molecule has 8 heteroatoms. The van der Waals surface area contributed by atoms with E-state index in [4.69, 9.17) is 11.6 Å². The molecule has 1 N–H and O–H groups in total. The first kappa shape index (κ1) is 21.7. The van der Waals surface area contributed by atoms with Crippen LogP contribution in [0, 0.1) is 13.8 Å². The summed E-state index contributed by atoms with van der Waals surface area (Å²) in [5.41, 5.74) is 4.56. The number of anilines is 2. The van der Waals surface area contributed by atoms with Crippen LogP contribution in [0.25, 0.3) is 0 Å². The molecule has 0 spiro atoms. The van der Waals surface area contributed by atoms with Crippen molar-refractivity contribution < 1.29 is 13.2 Å². The summed E-state index contributed by atoms with van der Waals surface area (Å²) < 4.78 is 27.7. The fraction of sp³-hybridized carbons (Fsp3) is 0.174. The third-order valence-electron chi connectivity index (χ3n) is 5.21. The summed E-state index contributed by atoms with van der Waals surface area (Å²) in [4.78, 5) is 14.5. The van der Waals surface area contributed by atoms with E-state index in [9.17, 15) is 13.2 Å². The number of hydrogen-bond donors (Lipinski definition) is 1. The molecule has 1 aliphatic rings. The Morgan fingerprint density at radius 3 is 2.29 bits per heavy atom. The smallest absolute Gasteiger partial charge is 0.261 e. The lowest BCUT2D eigenvalue weighted by Crippen LogP contribution is -2.27. The van der Waals surface area contributed by atoms with Crippen LogP contribution in [0.2, 0.25) is 5.02 Å². The zero-order chi connectivity index (χ0) is 22.2. The van der Waals surface area contributed by atoms with E-state index < -0.39 is 10.0 Å². The van der Waals surface area contributed by atoms with Crippen LogP contribution < -0.4 is 9.62 Å². The normalized spacial score (nSPS) is 16.5. The predicted molar refractivity (Wildman–Crippen MR) is 127 cm³/mol. The summed E-state index contributed by atoms with van der Waals surface area (Å²) in [5, 5.41) is 0.316. The van der Waals surface area contributed by atoms with Gasteiger partial charge in [-0.1, -0.05) is 29.8 Å². The van der Waals surface area contributed by atoms with E-state index in [-0.39, 0.29) is 16.2 Å². The van der Waals surface area contributed by atoms with Crippen LogP contribution in [-0.2, 0) is 14.8 Å². The second-order valence-electron chi connectivity index (χ2n) is 7.38. The van der Waals surface area contributed by atoms with Crippen LogP contribution in [0.1, 0.15) is 22.1 Å². The molecule has 1 saturated heterocycles. The molecule has 3 aromatic rings. The summed E-state index contributed by atoms with van der Waals surface area (Å²) in [5.74, 6) is 0.466. The average Bonchev–Trinajstić information content (AvgIpc) is 3.12. The van der Waals surface area contributed by atoms with Gasteiger partial charge in [0.25, 0.3) is 10.0 Å². The Balaban J connectivity index is 1.56. The summed E-state index contributed by atoms with van der Waals surface area (Å²) in [7, 11) is -3.71. The van der Waals surface area contributed by atoms with Crippen molar-refractivity contribution in [1.29, 1.82) is 0 Å². The van der Waals surface area contributed by atoms with Crippen LogP contribution in [0.4, 0.5) is 11.4 Å². The average molecular weight is 473 g/mol. The van der Waals surface area contributed by atoms with Crippen molar-refractivity contribution in [3.05, 3.63) is 88.4 Å². The molecule has 160 valence electrons. The van der Waals surface area contributed by atoms with Crippen molar-refractivity contribution in [2.75, 3.05) is 15.4 Å². The Morgan fingerprint density at radius 2 is 1.65 bits per heavy atom. The van der Waals surface area contributed by atoms with E-state index in [1.165, 1.54) is 29.8 Å². The number of thioether (sulfide) groups is 1. The van der Waals surface area contributed by atoms with Crippen molar-refractivity contribution in [2.24, 2.45) is 0 Å². The van der Waals surface area contributed by atoms with Gasteiger partial charge in [-0.05, 0) is 79.1 Å². The molecule has 4 rings (SSSR count). The lowest BCUT2D eigenvalue weighted by molar-refractivity contribution is -0.115. The SMILES string of the molecule is Cc1ccc(N2C(=O)CS[C@@H]2c2ccc(NS(=O)(=O)c3ccc(Cl)cc3)cc2)cc1C. The molecular weight excluding hydrogens is 452 g/mol. The fourth-order valence-electron chi connectivity index (χ4n) is 3.37. The number of carbonyl (C=O) groups is 1. The monoisotopic (exact) mass is 472 g/mol. The Morgan fingerprint density at radius 1 is 0.968 bits per heavy atom. The van der Waals surface area contributed by atoms with E-state index >= 15 is 0 Å². The van der Waals surface area contributed by atoms with Gasteiger partial charge in [-0.15, -0.1) is 11.8 Å². The van der Waals surface area contributed by atoms with Crippen LogP contribution in [0.15, 0.2) is 71.6 Å². The number of aryl methyl sites for hydroxylation is 2. The first-order valence-corrected chi connectivity index (χ1v) is 12.5. The van der Waals surface area contributed by atoms with Gasteiger partial charge >= 0.3 is 0 Å². The molecule has 3 aromatic carbocycles. The van der Waals surface area contributed by atoms with Crippen molar-refractivity contribution in [2.45, 2.75) is 24.1 Å². The quantitative estimate of drug-likeness (QED) is 0.529. The van der Waals surface area contributed by atoms with E-state index in [1.54, 1.807) is 23.9 Å². The predicted octanol–water partition coefficient (Wildman–Crippen LogP) is 5.54. The highest BCUT2D eigenvalue weighted by Crippen LogP contribution is 2.42. The van der Waals surface area contributed by atoms with Gasteiger partial charge in [0.05, 0.1) is 10.6 Å². The van der Waals surface area contributed by atoms with Crippen LogP contribution in [0.5, 0.6) is 0 Å². The minimum absolute atomic E-state index is 0.0609. The zero-order valence-corrected chi connectivity index (χ0v) is 19.4. The molecule has 0 unspecified atom stereocenters. The van der Waals surface area contributed by atoms with Gasteiger partial charge in [0.15, 0.2) is 0 Å². The van der Waals surface area contributed by atoms with Crippen molar-refractivity contribution in [3.63, 3.8) is 0 Å². The maximum absolute atomic E-state index is 12.6. The fourth-order valence-corrected chi connectivity index (χ4v) is 5.73. The molecule has 0 aromatic heterocycles. The minimum atomic E-state index is -3.71. The lowest BCUT2D eigenvalue weighted by atomic mass is 10.1. The van der Waals surface area contributed by atoms with Gasteiger partial charge < -0.3 is 0 Å². The summed E-state index contributed by atoms with van der Waals surface area (Å²) in [6.45, 7) is 4.07. The number of benzene rings is 3. The van der Waals surface area contributed by atoms with Gasteiger partial charge in [-0.2, -0.15) is 0 Å². The van der Waals surface area contributed by atoms with Crippen molar-refractivity contribution in [1.82, 2.24) is 0 Å². The highest BCUT2D eigenvalue weighted by atomic mass is 35.5. The van der Waals surface area contributed by atoms with Crippen LogP contribution in [0.3, 0.4) is 0 Å². The molecule has 1 heterocycles. The highest BCUT2D eigenvalue weighted by Gasteiger charge is 2.34. The molecule has 31 heavy (non-hydrogen) atoms. The summed E-state index contributed by atoms with van der Waals surface area (Å²) >= 11 is 7.40. The number of sulfonamides is 1. The zero-order valence-electron chi connectivity index (χ0n) is 17.0. The van der Waals surface area contributed by atoms with Crippen LogP contribution in [-0.4, -0.2) is 20.1 Å². The van der Waals surface area contributed by atoms with Crippen molar-refractivity contribution >= 4 is 50.7 Å². The maximum atomic E-state index is 12.6. The molecule has 0 saturated carbocycles. The van der Waals surface area contributed by atoms with E-state index in [0.717, 1.165) is 16.8 Å². The number of carbonyl (C=O) groups excluding carboxylic acids is 1. The maximum Gasteiger partial charge on any atom is 0.261 e. The van der Waals surface area contributed by atoms with Gasteiger partial charge in [-0.25, -0.2) is 8.42 Å². The van der Waals surface area contributed by atoms with Gasteiger partial charge in [0.2, 0.25) is 5.91 Å². The number of nitrogens with one attached hydrogen (secondary N) is 1. The van der Waals surface area contributed by atoms with Crippen molar-refractivity contribution in [3.8, 4) is 0 Å². The molecule has 1 amide bonds.